The summed E-state index contributed by atoms with van der Waals surface area (Å²) in [6, 6.07) is 37.5. The maximum Gasteiger partial charge on any atom is 0.407 e. The van der Waals surface area contributed by atoms with Crippen LogP contribution >= 0.6 is 47.8 Å². The molecule has 0 aliphatic carbocycles. The van der Waals surface area contributed by atoms with Gasteiger partial charge >= 0.3 is 18.3 Å². The van der Waals surface area contributed by atoms with Crippen LogP contribution in [0.1, 0.15) is 134 Å². The van der Waals surface area contributed by atoms with Crippen molar-refractivity contribution in [2.75, 3.05) is 19.6 Å². The molecule has 504 valence electrons. The molecule has 0 aliphatic heterocycles. The topological polar surface area (TPSA) is 297 Å². The summed E-state index contributed by atoms with van der Waals surface area (Å²) in [5.41, 5.74) is 9.01. The number of nitrogens with one attached hydrogen (secondary N) is 12. The number of hydrogen-bond donors (Lipinski definition) is 12. The average Bonchev–Trinajstić information content (AvgIpc) is 1.69. The molecule has 0 aliphatic rings. The van der Waals surface area contributed by atoms with Crippen molar-refractivity contribution in [3.05, 3.63) is 211 Å². The van der Waals surface area contributed by atoms with Crippen LogP contribution in [0.4, 0.5) is 14.4 Å². The van der Waals surface area contributed by atoms with Gasteiger partial charge in [0.1, 0.15) is 16.8 Å². The van der Waals surface area contributed by atoms with Gasteiger partial charge < -0.3 is 76.0 Å². The number of carbonyl (C=O) groups is 6. The lowest BCUT2D eigenvalue weighted by molar-refractivity contribution is 0.0510. The molecule has 12 N–H and O–H groups in total. The maximum absolute atomic E-state index is 13.3. The fourth-order valence-electron chi connectivity index (χ4n) is 11.1. The van der Waals surface area contributed by atoms with Crippen molar-refractivity contribution in [3.8, 4) is 0 Å². The Morgan fingerprint density at radius 3 is 1.03 bits per heavy atom. The van der Waals surface area contributed by atoms with E-state index in [1.54, 1.807) is 60.1 Å². The number of hydrogen-bond acceptors (Lipinski definition) is 9. The minimum absolute atomic E-state index is 0.164. The third-order valence-corrected chi connectivity index (χ3v) is 16.8. The molecule has 24 heteroatoms. The van der Waals surface area contributed by atoms with Crippen molar-refractivity contribution in [2.45, 2.75) is 104 Å². The minimum atomic E-state index is -0.617. The molecule has 97 heavy (non-hydrogen) atoms. The number of aromatic nitrogens is 6. The van der Waals surface area contributed by atoms with Crippen LogP contribution in [0, 0.1) is 6.92 Å². The fraction of sp³-hybridized carbons (Fsp3) is 0.260. The largest absolute Gasteiger partial charge is 0.444 e. The van der Waals surface area contributed by atoms with Gasteiger partial charge in [-0.05, 0) is 129 Å². The van der Waals surface area contributed by atoms with Crippen LogP contribution in [0.25, 0.3) is 65.4 Å². The van der Waals surface area contributed by atoms with Crippen LogP contribution < -0.4 is 31.9 Å². The number of amides is 6. The van der Waals surface area contributed by atoms with Crippen LogP contribution in [0.15, 0.2) is 172 Å². The van der Waals surface area contributed by atoms with Crippen molar-refractivity contribution < 1.29 is 43.0 Å². The first-order valence-corrected chi connectivity index (χ1v) is 33.7. The number of alkyl carbamates (subject to hydrolysis) is 3. The number of benzene rings is 6. The van der Waals surface area contributed by atoms with Crippen LogP contribution in [0.3, 0.4) is 0 Å². The number of aryl methyl sites for hydroxylation is 1. The number of para-hydroxylation sites is 2. The smallest absolute Gasteiger partial charge is 0.407 e. The number of ether oxygens (including phenoxy) is 3. The van der Waals surface area contributed by atoms with Crippen LogP contribution in [-0.2, 0) is 14.2 Å². The third kappa shape index (κ3) is 18.0. The quantitative estimate of drug-likeness (QED) is 0.0434. The summed E-state index contributed by atoms with van der Waals surface area (Å²) in [5, 5.41) is 23.0. The summed E-state index contributed by atoms with van der Waals surface area (Å²) in [5.74, 6) is -0.697. The minimum Gasteiger partial charge on any atom is -0.444 e. The van der Waals surface area contributed by atoms with Crippen LogP contribution in [0.5, 0.6) is 0 Å². The molecule has 6 aromatic heterocycles. The Hall–Kier alpha value is -9.78. The van der Waals surface area contributed by atoms with E-state index in [1.165, 1.54) is 0 Å². The highest BCUT2D eigenvalue weighted by molar-refractivity contribution is 9.11. The Morgan fingerprint density at radius 2 is 0.639 bits per heavy atom. The third-order valence-electron chi connectivity index (χ3n) is 15.4. The predicted molar refractivity (Wildman–Crippen MR) is 391 cm³/mol. The molecule has 12 rings (SSSR count). The van der Waals surface area contributed by atoms with Crippen molar-refractivity contribution in [3.63, 3.8) is 0 Å². The molecule has 6 amide bonds. The Labute approximate surface area is 584 Å². The van der Waals surface area contributed by atoms with Gasteiger partial charge in [-0.3, -0.25) is 14.4 Å². The summed E-state index contributed by atoms with van der Waals surface area (Å²) in [7, 11) is 0. The van der Waals surface area contributed by atoms with E-state index in [0.717, 1.165) is 101 Å². The van der Waals surface area contributed by atoms with E-state index in [2.05, 4.69) is 110 Å². The van der Waals surface area contributed by atoms with E-state index >= 15 is 0 Å². The van der Waals surface area contributed by atoms with E-state index in [9.17, 15) is 28.8 Å². The average molecular weight is 1510 g/mol. The molecule has 12 aromatic rings. The highest BCUT2D eigenvalue weighted by Crippen LogP contribution is 2.32. The Morgan fingerprint density at radius 1 is 0.361 bits per heavy atom. The summed E-state index contributed by atoms with van der Waals surface area (Å²) >= 11 is 10.4. The molecule has 0 radical (unpaired) electrons. The molecule has 0 fully saturated rings. The second kappa shape index (κ2) is 29.7. The van der Waals surface area contributed by atoms with Crippen LogP contribution in [0.2, 0.25) is 0 Å². The van der Waals surface area contributed by atoms with E-state index in [-0.39, 0.29) is 37.4 Å². The molecule has 0 saturated heterocycles. The van der Waals surface area contributed by atoms with E-state index in [4.69, 9.17) is 14.2 Å². The Kier molecular flexibility index (Phi) is 21.4. The first-order valence-electron chi connectivity index (χ1n) is 31.4. The molecule has 0 saturated carbocycles. The van der Waals surface area contributed by atoms with Gasteiger partial charge in [-0.15, -0.1) is 0 Å². The lowest BCUT2D eigenvalue weighted by atomic mass is 10.0. The fourth-order valence-corrected chi connectivity index (χ4v) is 12.2. The van der Waals surface area contributed by atoms with Crippen molar-refractivity contribution in [1.82, 2.24) is 61.8 Å². The van der Waals surface area contributed by atoms with Gasteiger partial charge in [0.25, 0.3) is 17.7 Å². The zero-order valence-corrected chi connectivity index (χ0v) is 59.9. The number of aromatic amines is 6. The summed E-state index contributed by atoms with van der Waals surface area (Å²) in [6.07, 6.45) is 9.07. The number of carbonyl (C=O) groups excluding carboxylic acids is 6. The lowest BCUT2D eigenvalue weighted by Gasteiger charge is -2.22. The van der Waals surface area contributed by atoms with Gasteiger partial charge in [0, 0.05) is 152 Å². The van der Waals surface area contributed by atoms with Crippen molar-refractivity contribution in [1.29, 1.82) is 0 Å². The van der Waals surface area contributed by atoms with E-state index < -0.39 is 53.2 Å². The number of fused-ring (bicyclic) bond motifs is 6. The highest BCUT2D eigenvalue weighted by Gasteiger charge is 2.28. The van der Waals surface area contributed by atoms with Gasteiger partial charge in [0.15, 0.2) is 0 Å². The SMILES string of the molecule is CC(C)(C)OC(=O)NCC(NC(=O)c1c[nH]c2cc(Br)ccc12)c1c[nH]c2cc(Br)ccc12.CC(C)(C)OC(=O)NCC(NC(=O)c1c[nH]c2ccccc12)c1c[nH]c2cc(Br)ccc12.Cc1ccc2c(C(=O)NC(CNC(=O)OC(C)(C)C)c3c[nH]c4ccccc34)c[nH]c2c1. The Balaban J connectivity index is 0.000000158. The maximum atomic E-state index is 13.3. The number of rotatable bonds is 15. The van der Waals surface area contributed by atoms with Crippen LogP contribution in [-0.4, -0.2) is 102 Å². The molecule has 0 spiro atoms. The monoisotopic (exact) mass is 1500 g/mol. The molecule has 3 unspecified atom stereocenters. The van der Waals surface area contributed by atoms with Gasteiger partial charge in [0.05, 0.1) is 34.8 Å². The first kappa shape index (κ1) is 70.0. The second-order valence-corrected chi connectivity index (χ2v) is 29.0. The summed E-state index contributed by atoms with van der Waals surface area (Å²) in [4.78, 5) is 95.7. The summed E-state index contributed by atoms with van der Waals surface area (Å²) in [6.45, 7) is 18.8. The molecular weight excluding hydrogens is 1430 g/mol. The van der Waals surface area contributed by atoms with E-state index in [0.29, 0.717) is 16.7 Å². The van der Waals surface area contributed by atoms with Gasteiger partial charge in [-0.25, -0.2) is 14.4 Å². The Bertz CT molecular complexity index is 4860. The highest BCUT2D eigenvalue weighted by atomic mass is 79.9. The second-order valence-electron chi connectivity index (χ2n) is 26.3. The molecule has 3 atom stereocenters. The van der Waals surface area contributed by atoms with Gasteiger partial charge in [0.2, 0.25) is 0 Å². The van der Waals surface area contributed by atoms with E-state index in [1.807, 2.05) is 168 Å². The summed E-state index contributed by atoms with van der Waals surface area (Å²) < 4.78 is 18.9. The van der Waals surface area contributed by atoms with Gasteiger partial charge in [-0.1, -0.05) is 115 Å². The first-order chi connectivity index (χ1) is 46.0. The lowest BCUT2D eigenvalue weighted by Crippen LogP contribution is -2.40. The zero-order valence-electron chi connectivity index (χ0n) is 55.2. The zero-order chi connectivity index (χ0) is 69.5. The molecular formula is C73H77Br3N12O9. The standard InChI is InChI=1S/C25H28N4O3.C24H24Br2N4O3.C24H25BrN4O3/c1-15-9-10-17-19(13-27-21(17)11-15)23(30)29-22(14-28-24(31)32-25(2,3)4)18-12-26-20-8-6-5-7-16(18)20;1-24(2,3)33-23(32)29-12-21(17-10-27-19-8-13(25)4-6-15(17)19)30-22(31)18-11-28-20-9-14(26)5-7-16(18)20;1-24(2,3)32-23(31)28-13-21(17-11-27-20-10-14(25)8-9-16(17)20)29-22(30)18-12-26-19-7-5-4-6-15(18)19/h5-13,22,26-27H,14H2,1-4H3,(H,28,31)(H,29,30);4-11,21,27-28H,12H2,1-3H3,(H,29,32)(H,30,31);4-12,21,26-27H,13H2,1-3H3,(H,28,31)(H,29,30). The normalized spacial score (nSPS) is 12.6. The number of H-pyrrole nitrogens is 6. The molecule has 0 bridgehead atoms. The van der Waals surface area contributed by atoms with Crippen molar-refractivity contribution >= 4 is 149 Å². The molecule has 6 aromatic carbocycles. The number of halogens is 3. The van der Waals surface area contributed by atoms with Crippen molar-refractivity contribution in [2.24, 2.45) is 0 Å². The molecule has 6 heterocycles. The molecule has 21 nitrogen and oxygen atoms in total. The predicted octanol–water partition coefficient (Wildman–Crippen LogP) is 16.5. The van der Waals surface area contributed by atoms with Gasteiger partial charge in [-0.2, -0.15) is 0 Å².